The topological polar surface area (TPSA) is 315 Å². The van der Waals surface area contributed by atoms with Crippen molar-refractivity contribution < 1.29 is 92.2 Å². The molecule has 1 unspecified atom stereocenters. The molecule has 148 heavy (non-hydrogen) atoms. The van der Waals surface area contributed by atoms with Gasteiger partial charge in [-0.2, -0.15) is 0 Å². The van der Waals surface area contributed by atoms with E-state index in [0.717, 1.165) is 127 Å². The molecule has 2 saturated carbocycles. The smallest absolute Gasteiger partial charge is 0.260 e. The van der Waals surface area contributed by atoms with Gasteiger partial charge in [-0.15, -0.1) is 0 Å². The number of ketones is 7. The van der Waals surface area contributed by atoms with Gasteiger partial charge in [0.25, 0.3) is 5.79 Å². The van der Waals surface area contributed by atoms with Crippen LogP contribution in [0.1, 0.15) is 249 Å². The Labute approximate surface area is 872 Å². The average molecular weight is 2020 g/mol. The maximum absolute atomic E-state index is 14.5. The second kappa shape index (κ2) is 56.5. The molecule has 5 N–H and O–H groups in total. The Kier molecular flexibility index (Phi) is 45.0. The van der Waals surface area contributed by atoms with Crippen LogP contribution in [0.5, 0.6) is 5.75 Å². The largest absolute Gasteiger partial charge is 0.491 e. The van der Waals surface area contributed by atoms with Crippen molar-refractivity contribution in [3.8, 4) is 5.75 Å². The number of anilines is 1. The highest BCUT2D eigenvalue weighted by molar-refractivity contribution is 8.01. The lowest BCUT2D eigenvalue weighted by molar-refractivity contribution is -0.176. The lowest BCUT2D eigenvalue weighted by Crippen LogP contribution is -2.52. The van der Waals surface area contributed by atoms with E-state index in [2.05, 4.69) is 41.0 Å². The number of aliphatic hydroxyl groups excluding tert-OH is 1. The fourth-order valence-corrected chi connectivity index (χ4v) is 20.8. The summed E-state index contributed by atoms with van der Waals surface area (Å²) in [7, 11) is 2.84. The Bertz CT molecular complexity index is 6250. The number of morpholine rings is 1. The molecule has 1 atom stereocenters. The number of hydrogen-bond acceptors (Lipinski definition) is 21. The van der Waals surface area contributed by atoms with Gasteiger partial charge in [0.2, 0.25) is 24.0 Å². The molecule has 1 saturated heterocycles. The quantitative estimate of drug-likeness (QED) is 0.0159. The summed E-state index contributed by atoms with van der Waals surface area (Å²) < 4.78 is 35.9. The molecule has 16 rings (SSSR count). The first-order chi connectivity index (χ1) is 70.7. The summed E-state index contributed by atoms with van der Waals surface area (Å²) in [4.78, 5) is 117. The summed E-state index contributed by atoms with van der Waals surface area (Å²) in [5.74, 6) is -1.57. The summed E-state index contributed by atoms with van der Waals surface area (Å²) >= 11 is 0. The second-order valence-electron chi connectivity index (χ2n) is 38.5. The highest BCUT2D eigenvalue weighted by Gasteiger charge is 2.47. The van der Waals surface area contributed by atoms with Gasteiger partial charge in [0.1, 0.15) is 34.8 Å². The molecule has 0 radical (unpaired) electrons. The van der Waals surface area contributed by atoms with Crippen molar-refractivity contribution in [3.05, 3.63) is 446 Å². The van der Waals surface area contributed by atoms with Crippen molar-refractivity contribution >= 4 is 69.7 Å². The number of methoxy groups -OCH3 is 2. The number of aliphatic hydroxyl groups is 5. The van der Waals surface area contributed by atoms with Gasteiger partial charge in [-0.25, -0.2) is 0 Å². The fourth-order valence-electron chi connectivity index (χ4n) is 18.2. The van der Waals surface area contributed by atoms with Gasteiger partial charge >= 0.3 is 0 Å². The number of aryl methyl sites for hydroxylation is 6. The summed E-state index contributed by atoms with van der Waals surface area (Å²) in [5, 5.41) is 48.3. The van der Waals surface area contributed by atoms with E-state index >= 15 is 0 Å². The number of carbonyl (C=O) groups excluding carboxylic acids is 9. The molecule has 13 aromatic rings. The van der Waals surface area contributed by atoms with Crippen molar-refractivity contribution in [2.24, 2.45) is 0 Å². The molecule has 0 aromatic heterocycles. The van der Waals surface area contributed by atoms with Crippen molar-refractivity contribution in [2.45, 2.75) is 187 Å². The monoisotopic (exact) mass is 2020 g/mol. The van der Waals surface area contributed by atoms with E-state index < -0.39 is 51.9 Å². The van der Waals surface area contributed by atoms with Gasteiger partial charge in [-0.3, -0.25) is 48.1 Å². The van der Waals surface area contributed by atoms with Crippen molar-refractivity contribution in [1.29, 1.82) is 0 Å². The number of likely N-dealkylation sites (N-methyl/N-ethyl adjacent to an activating group) is 1. The lowest BCUT2D eigenvalue weighted by atomic mass is 9.79. The molecule has 1 heterocycles. The molecular formula is C126H143N2O19P. The number of nitrogens with zero attached hydrogens (tertiary/aromatic N) is 2. The normalized spacial score (nSPS) is 13.9. The fraction of sp³-hybridized carbons (Fsp3) is 0.310. The Hall–Kier alpha value is -13.6. The zero-order valence-electron chi connectivity index (χ0n) is 87.9. The van der Waals surface area contributed by atoms with Crippen molar-refractivity contribution in [2.75, 3.05) is 72.7 Å². The zero-order valence-corrected chi connectivity index (χ0v) is 88.8. The maximum atomic E-state index is 14.5. The molecule has 2 aliphatic carbocycles. The van der Waals surface area contributed by atoms with Crippen LogP contribution >= 0.6 is 7.14 Å². The van der Waals surface area contributed by atoms with Crippen molar-refractivity contribution in [1.82, 2.24) is 4.90 Å². The highest BCUT2D eigenvalue weighted by Crippen LogP contribution is 2.53. The number of hydrogen-bond donors (Lipinski definition) is 5. The Morgan fingerprint density at radius 2 is 0.709 bits per heavy atom. The third-order valence-electron chi connectivity index (χ3n) is 26.2. The third kappa shape index (κ3) is 32.2. The van der Waals surface area contributed by atoms with E-state index in [4.69, 9.17) is 24.1 Å². The molecule has 0 bridgehead atoms. The van der Waals surface area contributed by atoms with Gasteiger partial charge in [0.15, 0.2) is 34.7 Å². The predicted octanol–water partition coefficient (Wildman–Crippen LogP) is 23.6. The third-order valence-corrected chi connectivity index (χ3v) is 28.8. The predicted molar refractivity (Wildman–Crippen MR) is 588 cm³/mol. The second-order valence-corrected chi connectivity index (χ2v) is 41.0. The minimum absolute atomic E-state index is 0.0512. The standard InChI is InChI=1S/C26H27O3P.C23H30N2O2.C16H16O3.2C13H16O2.C13H10O.C12H16O4.C10H12O2/c1-16-12-18(3)23(19(4)13-16)25(27)30(29,22-10-8-7-9-11-22)26(28)24-20(5)14-17(2)15-21(24)6;1-4-23(24(2)3,18-19-8-6-5-7-9-19)22(26)20-10-12-21(13-11-20)25-14-16-27-17-15-25;1-18-16(19-2,14-11-7-4-8-12-14)15(17)13-9-5-3-6-10-13;2*14-12(11-7-3-1-4-8-11)13(15)9-5-2-6-10-13;14-13(11-7-3-1-4-8-11)12-9-5-2-6-10-12;1-12(2,15)11(14)9-3-5-10(6-4-9)16-8-7-13;1-10(2,12)9(11)8-6-4-3-5-7-8/h7-15H,1-6H3;5-13H,4,14-18H2,1-3H3;3-12H,1-2H3;2*1,3-4,7-8,15H,2,5-6,9-10H2;1-10H;3-6,13,15H,7-8H2,1-2H3;3-7,12H,1-2H3. The Balaban J connectivity index is 0.000000192. The molecule has 22 heteroatoms. The summed E-state index contributed by atoms with van der Waals surface area (Å²) in [5.41, 5.74) is 7.23. The van der Waals surface area contributed by atoms with Gasteiger partial charge < -0.3 is 53.9 Å². The van der Waals surface area contributed by atoms with E-state index in [-0.39, 0.29) is 59.0 Å². The highest BCUT2D eigenvalue weighted by atomic mass is 31.2. The van der Waals surface area contributed by atoms with Crippen LogP contribution in [-0.4, -0.2) is 178 Å². The minimum atomic E-state index is -4.11. The first-order valence-electron chi connectivity index (χ1n) is 50.3. The number of rotatable bonds is 30. The van der Waals surface area contributed by atoms with E-state index in [9.17, 15) is 68.1 Å². The van der Waals surface area contributed by atoms with Crippen LogP contribution in [0.15, 0.2) is 346 Å². The van der Waals surface area contributed by atoms with Crippen LogP contribution in [0, 0.1) is 41.5 Å². The summed E-state index contributed by atoms with van der Waals surface area (Å²) in [6.07, 6.45) is 9.99. The van der Waals surface area contributed by atoms with Crippen LogP contribution in [0.2, 0.25) is 0 Å². The number of ether oxygens (including phenoxy) is 4. The van der Waals surface area contributed by atoms with Crippen LogP contribution in [0.4, 0.5) is 5.69 Å². The molecule has 0 spiro atoms. The minimum Gasteiger partial charge on any atom is -0.491 e. The molecule has 0 amide bonds. The van der Waals surface area contributed by atoms with E-state index in [1.54, 1.807) is 115 Å². The lowest BCUT2D eigenvalue weighted by Gasteiger charge is -2.38. The average Bonchev–Trinajstić information content (AvgIpc) is 0.746. The number of Topliss-reactive ketones (excluding diaryl/α,β-unsaturated/α-hetero) is 6. The van der Waals surface area contributed by atoms with Crippen LogP contribution in [-0.2, 0) is 31.0 Å². The van der Waals surface area contributed by atoms with Crippen LogP contribution in [0.25, 0.3) is 0 Å². The zero-order chi connectivity index (χ0) is 108. The summed E-state index contributed by atoms with van der Waals surface area (Å²) in [6, 6.07) is 105. The summed E-state index contributed by atoms with van der Waals surface area (Å²) in [6.45, 7) is 22.7. The van der Waals surface area contributed by atoms with Gasteiger partial charge in [-0.1, -0.05) is 354 Å². The number of benzene rings is 13. The van der Waals surface area contributed by atoms with Crippen LogP contribution in [0.3, 0.4) is 0 Å². The van der Waals surface area contributed by atoms with Gasteiger partial charge in [0.05, 0.1) is 25.4 Å². The maximum Gasteiger partial charge on any atom is 0.260 e. The molecule has 13 aromatic carbocycles. The first-order valence-corrected chi connectivity index (χ1v) is 52.0. The van der Waals surface area contributed by atoms with E-state index in [1.807, 2.05) is 262 Å². The molecular weight excluding hydrogens is 1880 g/mol. The molecule has 3 aliphatic rings. The molecule has 3 fully saturated rings. The molecule has 21 nitrogen and oxygen atoms in total. The van der Waals surface area contributed by atoms with E-state index in [0.29, 0.717) is 82.4 Å². The Morgan fingerprint density at radius 1 is 0.399 bits per heavy atom. The van der Waals surface area contributed by atoms with Gasteiger partial charge in [-0.05, 0) is 198 Å². The van der Waals surface area contributed by atoms with Gasteiger partial charge in [0, 0.05) is 99.5 Å². The molecule has 776 valence electrons. The van der Waals surface area contributed by atoms with Crippen molar-refractivity contribution in [3.63, 3.8) is 0 Å². The first kappa shape index (κ1) is 118. The van der Waals surface area contributed by atoms with Crippen LogP contribution < -0.4 is 14.9 Å². The number of carbonyl (C=O) groups is 9. The Morgan fingerprint density at radius 3 is 1.05 bits per heavy atom. The molecule has 1 aliphatic heterocycles. The van der Waals surface area contributed by atoms with E-state index in [1.165, 1.54) is 47.5 Å². The SMILES string of the molecule is CC(C)(O)C(=O)c1ccc(OCCO)cc1.CC(C)(O)C(=O)c1ccccc1.CCC(Cc1ccccc1)(C(=O)c1ccc(N2CCOCC2)cc1)N(C)C.COC(OC)(C(=O)c1ccccc1)c1ccccc1.Cc1cc(C)c(C(=O)P(=O)(C(=O)c2c(C)cc(C)cc2C)c2ccccc2)c(C)c1.O=C(c1ccccc1)C1(O)CCCCC1.O=C(c1ccccc1)C1(O)CCCCC1.O=C(c1ccccc1)c1ccccc1.